The summed E-state index contributed by atoms with van der Waals surface area (Å²) in [7, 11) is 1.98. The van der Waals surface area contributed by atoms with Crippen LogP contribution in [-0.2, 0) is 4.79 Å². The highest BCUT2D eigenvalue weighted by molar-refractivity contribution is 5.91. The number of amides is 2. The van der Waals surface area contributed by atoms with Crippen LogP contribution in [0.5, 0.6) is 5.75 Å². The highest BCUT2D eigenvalue weighted by Crippen LogP contribution is 2.33. The van der Waals surface area contributed by atoms with E-state index in [1.54, 1.807) is 11.0 Å². The molecule has 1 saturated heterocycles. The molecule has 1 fully saturated rings. The summed E-state index contributed by atoms with van der Waals surface area (Å²) in [4.78, 5) is 27.4. The minimum atomic E-state index is -0.841. The van der Waals surface area contributed by atoms with Gasteiger partial charge < -0.3 is 25.0 Å². The van der Waals surface area contributed by atoms with Crippen LogP contribution in [-0.4, -0.2) is 55.3 Å². The Morgan fingerprint density at radius 2 is 2.12 bits per heavy atom. The molecule has 0 radical (unpaired) electrons. The van der Waals surface area contributed by atoms with Crippen molar-refractivity contribution in [3.05, 3.63) is 18.2 Å². The number of carbonyl (C=O) groups is 2. The van der Waals surface area contributed by atoms with Crippen molar-refractivity contribution in [2.24, 2.45) is 11.8 Å². The van der Waals surface area contributed by atoms with Gasteiger partial charge in [-0.05, 0) is 30.5 Å². The van der Waals surface area contributed by atoms with Crippen molar-refractivity contribution in [3.63, 3.8) is 0 Å². The zero-order chi connectivity index (χ0) is 17.3. The number of carbonyl (C=O) groups excluding carboxylic acids is 1. The molecule has 0 spiro atoms. The van der Waals surface area contributed by atoms with Gasteiger partial charge in [-0.25, -0.2) is 4.79 Å². The summed E-state index contributed by atoms with van der Waals surface area (Å²) in [5.41, 5.74) is 1.62. The number of piperidine rings is 1. The van der Waals surface area contributed by atoms with E-state index in [0.717, 1.165) is 18.0 Å². The number of likely N-dealkylation sites (N-methyl/N-ethyl adjacent to an activating group) is 1. The molecule has 7 heteroatoms. The number of ether oxygens (including phenoxy) is 1. The molecule has 0 aromatic heterocycles. The second-order valence-corrected chi connectivity index (χ2v) is 6.66. The van der Waals surface area contributed by atoms with Crippen LogP contribution >= 0.6 is 0 Å². The van der Waals surface area contributed by atoms with Crippen LogP contribution in [0.15, 0.2) is 18.2 Å². The van der Waals surface area contributed by atoms with Crippen LogP contribution in [0.4, 0.5) is 16.2 Å². The largest absolute Gasteiger partial charge is 0.490 e. The first-order valence-electron chi connectivity index (χ1n) is 8.20. The van der Waals surface area contributed by atoms with E-state index >= 15 is 0 Å². The van der Waals surface area contributed by atoms with Gasteiger partial charge in [0.25, 0.3) is 0 Å². The smallest absolute Gasteiger partial charge is 0.321 e. The Kier molecular flexibility index (Phi) is 4.51. The number of nitrogens with one attached hydrogen (secondary N) is 1. The van der Waals surface area contributed by atoms with Gasteiger partial charge >= 0.3 is 12.0 Å². The molecule has 0 saturated carbocycles. The molecule has 2 unspecified atom stereocenters. The number of carboxylic acids is 1. The number of hydrogen-bond donors (Lipinski definition) is 2. The highest BCUT2D eigenvalue weighted by Gasteiger charge is 2.32. The van der Waals surface area contributed by atoms with Crippen LogP contribution in [0, 0.1) is 11.8 Å². The standard InChI is InChI=1S/C17H23N3O4/c1-11-7-12(16(21)22)10-20(9-11)17(23)18-13-3-4-15-14(8-13)19(2)5-6-24-15/h3-4,8,11-12H,5-7,9-10H2,1-2H3,(H,18,23)(H,21,22). The fraction of sp³-hybridized carbons (Fsp3) is 0.529. The molecule has 1 aromatic rings. The number of anilines is 2. The van der Waals surface area contributed by atoms with Crippen molar-refractivity contribution < 1.29 is 19.4 Å². The van der Waals surface area contributed by atoms with E-state index in [1.807, 2.05) is 26.1 Å². The molecule has 7 nitrogen and oxygen atoms in total. The molecule has 2 heterocycles. The SMILES string of the molecule is CC1CC(C(=O)O)CN(C(=O)Nc2ccc3c(c2)N(C)CCO3)C1. The lowest BCUT2D eigenvalue weighted by Crippen LogP contribution is -2.47. The summed E-state index contributed by atoms with van der Waals surface area (Å²) in [5, 5.41) is 12.1. The van der Waals surface area contributed by atoms with Crippen molar-refractivity contribution in [1.29, 1.82) is 0 Å². The third-order valence-corrected chi connectivity index (χ3v) is 4.60. The number of urea groups is 1. The van der Waals surface area contributed by atoms with E-state index in [4.69, 9.17) is 4.74 Å². The van der Waals surface area contributed by atoms with Gasteiger partial charge in [0, 0.05) is 25.8 Å². The van der Waals surface area contributed by atoms with Crippen LogP contribution in [0.1, 0.15) is 13.3 Å². The van der Waals surface area contributed by atoms with Crippen LogP contribution < -0.4 is 15.0 Å². The molecular weight excluding hydrogens is 310 g/mol. The third-order valence-electron chi connectivity index (χ3n) is 4.60. The first-order valence-corrected chi connectivity index (χ1v) is 8.20. The van der Waals surface area contributed by atoms with E-state index in [2.05, 4.69) is 10.2 Å². The molecule has 1 aromatic carbocycles. The van der Waals surface area contributed by atoms with Gasteiger partial charge in [0.2, 0.25) is 0 Å². The van der Waals surface area contributed by atoms with E-state index < -0.39 is 11.9 Å². The topological polar surface area (TPSA) is 82.1 Å². The van der Waals surface area contributed by atoms with Crippen molar-refractivity contribution in [1.82, 2.24) is 4.90 Å². The molecule has 2 N–H and O–H groups in total. The van der Waals surface area contributed by atoms with E-state index in [-0.39, 0.29) is 18.5 Å². The summed E-state index contributed by atoms with van der Waals surface area (Å²) in [6.45, 7) is 4.25. The fourth-order valence-electron chi connectivity index (χ4n) is 3.33. The quantitative estimate of drug-likeness (QED) is 0.866. The number of fused-ring (bicyclic) bond motifs is 1. The molecule has 3 rings (SSSR count). The fourth-order valence-corrected chi connectivity index (χ4v) is 3.33. The Hall–Kier alpha value is -2.44. The minimum Gasteiger partial charge on any atom is -0.490 e. The predicted octanol–water partition coefficient (Wildman–Crippen LogP) is 2.09. The Labute approximate surface area is 141 Å². The lowest BCUT2D eigenvalue weighted by molar-refractivity contribution is -0.143. The normalized spacial score (nSPS) is 23.2. The summed E-state index contributed by atoms with van der Waals surface area (Å²) in [6, 6.07) is 5.28. The number of hydrogen-bond acceptors (Lipinski definition) is 4. The molecule has 2 aliphatic heterocycles. The lowest BCUT2D eigenvalue weighted by atomic mass is 9.91. The van der Waals surface area contributed by atoms with Crippen molar-refractivity contribution in [2.45, 2.75) is 13.3 Å². The average molecular weight is 333 g/mol. The first kappa shape index (κ1) is 16.4. The number of aliphatic carboxylic acids is 1. The monoisotopic (exact) mass is 333 g/mol. The van der Waals surface area contributed by atoms with Gasteiger partial charge in [0.15, 0.2) is 0 Å². The Morgan fingerprint density at radius 3 is 2.88 bits per heavy atom. The molecule has 2 aliphatic rings. The van der Waals surface area contributed by atoms with Crippen LogP contribution in [0.2, 0.25) is 0 Å². The van der Waals surface area contributed by atoms with E-state index in [9.17, 15) is 14.7 Å². The number of rotatable bonds is 2. The number of carboxylic acid groups (broad SMARTS) is 1. The van der Waals surface area contributed by atoms with Crippen molar-refractivity contribution in [3.8, 4) is 5.75 Å². The average Bonchev–Trinajstić information content (AvgIpc) is 2.55. The van der Waals surface area contributed by atoms with Crippen LogP contribution in [0.25, 0.3) is 0 Å². The number of nitrogens with zero attached hydrogens (tertiary/aromatic N) is 2. The maximum absolute atomic E-state index is 12.5. The molecule has 2 amide bonds. The zero-order valence-corrected chi connectivity index (χ0v) is 14.0. The summed E-state index contributed by atoms with van der Waals surface area (Å²) >= 11 is 0. The summed E-state index contributed by atoms with van der Waals surface area (Å²) in [5.74, 6) is -0.359. The predicted molar refractivity (Wildman–Crippen MR) is 90.7 cm³/mol. The second kappa shape index (κ2) is 6.59. The highest BCUT2D eigenvalue weighted by atomic mass is 16.5. The second-order valence-electron chi connectivity index (χ2n) is 6.66. The Bertz CT molecular complexity index is 649. The van der Waals surface area contributed by atoms with Gasteiger partial charge in [0.1, 0.15) is 12.4 Å². The zero-order valence-electron chi connectivity index (χ0n) is 14.0. The molecule has 0 bridgehead atoms. The lowest BCUT2D eigenvalue weighted by Gasteiger charge is -2.34. The maximum Gasteiger partial charge on any atom is 0.321 e. The van der Waals surface area contributed by atoms with Gasteiger partial charge in [-0.1, -0.05) is 6.92 Å². The number of benzene rings is 1. The van der Waals surface area contributed by atoms with Crippen molar-refractivity contribution in [2.75, 3.05) is 43.5 Å². The van der Waals surface area contributed by atoms with E-state index in [1.165, 1.54) is 0 Å². The van der Waals surface area contributed by atoms with Crippen molar-refractivity contribution >= 4 is 23.4 Å². The molecule has 2 atom stereocenters. The Balaban J connectivity index is 1.70. The summed E-state index contributed by atoms with van der Waals surface area (Å²) < 4.78 is 5.59. The van der Waals surface area contributed by atoms with Gasteiger partial charge in [-0.2, -0.15) is 0 Å². The van der Waals surface area contributed by atoms with Gasteiger partial charge in [0.05, 0.1) is 18.2 Å². The van der Waals surface area contributed by atoms with Gasteiger partial charge in [-0.3, -0.25) is 4.79 Å². The minimum absolute atomic E-state index is 0.175. The summed E-state index contributed by atoms with van der Waals surface area (Å²) in [6.07, 6.45) is 0.611. The van der Waals surface area contributed by atoms with Crippen LogP contribution in [0.3, 0.4) is 0 Å². The number of likely N-dealkylation sites (tertiary alicyclic amines) is 1. The van der Waals surface area contributed by atoms with E-state index in [0.29, 0.717) is 25.3 Å². The molecule has 0 aliphatic carbocycles. The first-order chi connectivity index (χ1) is 11.4. The Morgan fingerprint density at radius 1 is 1.33 bits per heavy atom. The third kappa shape index (κ3) is 3.39. The molecular formula is C17H23N3O4. The maximum atomic E-state index is 12.5. The van der Waals surface area contributed by atoms with Gasteiger partial charge in [-0.15, -0.1) is 0 Å². The molecule has 24 heavy (non-hydrogen) atoms. The molecule has 130 valence electrons.